The molecule has 0 fully saturated rings. The van der Waals surface area contributed by atoms with Gasteiger partial charge in [-0.15, -0.1) is 0 Å². The quantitative estimate of drug-likeness (QED) is 0.730. The fourth-order valence-electron chi connectivity index (χ4n) is 2.44. The van der Waals surface area contributed by atoms with Gasteiger partial charge in [0.2, 0.25) is 5.91 Å². The predicted octanol–water partition coefficient (Wildman–Crippen LogP) is 2.85. The number of carbonyl (C=O) groups is 1. The molecule has 20 heavy (non-hydrogen) atoms. The summed E-state index contributed by atoms with van der Waals surface area (Å²) < 4.78 is 1.97. The summed E-state index contributed by atoms with van der Waals surface area (Å²) in [5, 5.41) is 6.52. The highest BCUT2D eigenvalue weighted by atomic mass is 16.2. The lowest BCUT2D eigenvalue weighted by Gasteiger charge is -2.15. The van der Waals surface area contributed by atoms with Crippen LogP contribution in [0.5, 0.6) is 0 Å². The zero-order valence-corrected chi connectivity index (χ0v) is 13.3. The zero-order chi connectivity index (χ0) is 15.0. The van der Waals surface area contributed by atoms with Crippen molar-refractivity contribution in [3.63, 3.8) is 0 Å². The summed E-state index contributed by atoms with van der Waals surface area (Å²) in [6, 6.07) is 2.77. The zero-order valence-electron chi connectivity index (χ0n) is 13.3. The first-order valence-electron chi connectivity index (χ1n) is 7.82. The number of carbonyl (C=O) groups excluding carboxylic acids is 1. The van der Waals surface area contributed by atoms with Gasteiger partial charge in [-0.25, -0.2) is 0 Å². The molecule has 4 nitrogen and oxygen atoms in total. The Kier molecular flexibility index (Phi) is 7.37. The van der Waals surface area contributed by atoms with Crippen LogP contribution in [0.3, 0.4) is 0 Å². The van der Waals surface area contributed by atoms with E-state index in [2.05, 4.69) is 50.6 Å². The predicted molar refractivity (Wildman–Crippen MR) is 83.7 cm³/mol. The SMILES string of the molecule is CCNC(CC)c1ccn(CC(=O)NC(CC)CC)c1. The summed E-state index contributed by atoms with van der Waals surface area (Å²) in [5.74, 6) is 0.0948. The molecule has 0 spiro atoms. The molecule has 1 unspecified atom stereocenters. The maximum absolute atomic E-state index is 12.0. The van der Waals surface area contributed by atoms with Crippen LogP contribution in [0.2, 0.25) is 0 Å². The van der Waals surface area contributed by atoms with Gasteiger partial charge in [0.1, 0.15) is 6.54 Å². The van der Waals surface area contributed by atoms with E-state index in [0.29, 0.717) is 18.6 Å². The van der Waals surface area contributed by atoms with E-state index in [1.165, 1.54) is 5.56 Å². The van der Waals surface area contributed by atoms with Gasteiger partial charge in [-0.3, -0.25) is 4.79 Å². The van der Waals surface area contributed by atoms with E-state index >= 15 is 0 Å². The molecular weight excluding hydrogens is 250 g/mol. The summed E-state index contributed by atoms with van der Waals surface area (Å²) in [4.78, 5) is 12.0. The van der Waals surface area contributed by atoms with E-state index in [1.807, 2.05) is 10.8 Å². The molecule has 0 saturated carbocycles. The molecule has 4 heteroatoms. The first-order valence-corrected chi connectivity index (χ1v) is 7.82. The van der Waals surface area contributed by atoms with Crippen molar-refractivity contribution in [2.45, 2.75) is 65.6 Å². The summed E-state index contributed by atoms with van der Waals surface area (Å²) in [6.07, 6.45) is 7.08. The molecular formula is C16H29N3O. The maximum atomic E-state index is 12.0. The molecule has 0 aliphatic heterocycles. The third kappa shape index (κ3) is 5.00. The molecule has 1 heterocycles. The van der Waals surface area contributed by atoms with Gasteiger partial charge in [0.15, 0.2) is 0 Å². The average molecular weight is 279 g/mol. The van der Waals surface area contributed by atoms with Crippen LogP contribution in [-0.2, 0) is 11.3 Å². The van der Waals surface area contributed by atoms with Crippen LogP contribution in [0, 0.1) is 0 Å². The van der Waals surface area contributed by atoms with E-state index in [-0.39, 0.29) is 5.91 Å². The topological polar surface area (TPSA) is 46.1 Å². The minimum Gasteiger partial charge on any atom is -0.352 e. The second kappa shape index (κ2) is 8.80. The number of hydrogen-bond acceptors (Lipinski definition) is 2. The van der Waals surface area contributed by atoms with E-state index in [0.717, 1.165) is 25.8 Å². The molecule has 1 aromatic heterocycles. The van der Waals surface area contributed by atoms with Crippen molar-refractivity contribution in [1.82, 2.24) is 15.2 Å². The van der Waals surface area contributed by atoms with Gasteiger partial charge >= 0.3 is 0 Å². The molecule has 1 aromatic rings. The highest BCUT2D eigenvalue weighted by Crippen LogP contribution is 2.16. The van der Waals surface area contributed by atoms with Crippen LogP contribution >= 0.6 is 0 Å². The Hall–Kier alpha value is -1.29. The van der Waals surface area contributed by atoms with Crippen LogP contribution in [0.15, 0.2) is 18.5 Å². The third-order valence-corrected chi connectivity index (χ3v) is 3.71. The first kappa shape index (κ1) is 16.8. The molecule has 1 rings (SSSR count). The number of nitrogens with one attached hydrogen (secondary N) is 2. The van der Waals surface area contributed by atoms with Gasteiger partial charge in [0, 0.05) is 24.5 Å². The lowest BCUT2D eigenvalue weighted by molar-refractivity contribution is -0.122. The van der Waals surface area contributed by atoms with Gasteiger partial charge < -0.3 is 15.2 Å². The van der Waals surface area contributed by atoms with E-state index < -0.39 is 0 Å². The second-order valence-electron chi connectivity index (χ2n) is 5.22. The fraction of sp³-hybridized carbons (Fsp3) is 0.688. The molecule has 1 atom stereocenters. The van der Waals surface area contributed by atoms with Crippen molar-refractivity contribution < 1.29 is 4.79 Å². The standard InChI is InChI=1S/C16H29N3O/c1-5-14(6-2)18-16(20)12-19-10-9-13(11-19)15(7-3)17-8-4/h9-11,14-15,17H,5-8,12H2,1-4H3,(H,18,20). The van der Waals surface area contributed by atoms with Crippen molar-refractivity contribution in [1.29, 1.82) is 0 Å². The molecule has 114 valence electrons. The Morgan fingerprint density at radius 3 is 2.45 bits per heavy atom. The summed E-state index contributed by atoms with van der Waals surface area (Å²) in [5.41, 5.74) is 1.25. The highest BCUT2D eigenvalue weighted by molar-refractivity contribution is 5.76. The maximum Gasteiger partial charge on any atom is 0.240 e. The van der Waals surface area contributed by atoms with E-state index in [9.17, 15) is 4.79 Å². The van der Waals surface area contributed by atoms with Gasteiger partial charge in [-0.1, -0.05) is 27.7 Å². The van der Waals surface area contributed by atoms with Crippen LogP contribution < -0.4 is 10.6 Å². The number of hydrogen-bond donors (Lipinski definition) is 2. The number of aromatic nitrogens is 1. The average Bonchev–Trinajstić information content (AvgIpc) is 2.90. The van der Waals surface area contributed by atoms with Crippen LogP contribution in [0.25, 0.3) is 0 Å². The van der Waals surface area contributed by atoms with Gasteiger partial charge in [-0.05, 0) is 37.4 Å². The van der Waals surface area contributed by atoms with Crippen molar-refractivity contribution >= 4 is 5.91 Å². The van der Waals surface area contributed by atoms with Crippen molar-refractivity contribution in [2.75, 3.05) is 6.54 Å². The molecule has 0 bridgehead atoms. The van der Waals surface area contributed by atoms with Crippen molar-refractivity contribution in [3.8, 4) is 0 Å². The molecule has 0 saturated heterocycles. The molecule has 0 radical (unpaired) electrons. The van der Waals surface area contributed by atoms with Crippen LogP contribution in [0.1, 0.15) is 58.6 Å². The van der Waals surface area contributed by atoms with Gasteiger partial charge in [0.05, 0.1) is 0 Å². The first-order chi connectivity index (χ1) is 9.64. The fourth-order valence-corrected chi connectivity index (χ4v) is 2.44. The Morgan fingerprint density at radius 1 is 1.20 bits per heavy atom. The summed E-state index contributed by atoms with van der Waals surface area (Å²) in [6.45, 7) is 9.85. The number of rotatable bonds is 9. The van der Waals surface area contributed by atoms with Gasteiger partial charge in [0.25, 0.3) is 0 Å². The van der Waals surface area contributed by atoms with Crippen LogP contribution in [-0.4, -0.2) is 23.1 Å². The third-order valence-electron chi connectivity index (χ3n) is 3.71. The Bertz CT molecular complexity index is 396. The Balaban J connectivity index is 2.57. The molecule has 0 aromatic carbocycles. The molecule has 0 aliphatic carbocycles. The summed E-state index contributed by atoms with van der Waals surface area (Å²) in [7, 11) is 0. The van der Waals surface area contributed by atoms with E-state index in [1.54, 1.807) is 0 Å². The minimum absolute atomic E-state index is 0.0948. The largest absolute Gasteiger partial charge is 0.352 e. The molecule has 0 aliphatic rings. The highest BCUT2D eigenvalue weighted by Gasteiger charge is 2.12. The smallest absolute Gasteiger partial charge is 0.240 e. The minimum atomic E-state index is 0.0948. The Morgan fingerprint density at radius 2 is 1.90 bits per heavy atom. The lowest BCUT2D eigenvalue weighted by Crippen LogP contribution is -2.36. The normalized spacial score (nSPS) is 12.7. The second-order valence-corrected chi connectivity index (χ2v) is 5.22. The summed E-state index contributed by atoms with van der Waals surface area (Å²) >= 11 is 0. The van der Waals surface area contributed by atoms with E-state index in [4.69, 9.17) is 0 Å². The molecule has 1 amide bonds. The van der Waals surface area contributed by atoms with Crippen LogP contribution in [0.4, 0.5) is 0 Å². The van der Waals surface area contributed by atoms with Crippen molar-refractivity contribution in [2.24, 2.45) is 0 Å². The molecule has 2 N–H and O–H groups in total. The lowest BCUT2D eigenvalue weighted by atomic mass is 10.1. The van der Waals surface area contributed by atoms with Gasteiger partial charge in [-0.2, -0.15) is 0 Å². The monoisotopic (exact) mass is 279 g/mol. The number of amides is 1. The number of nitrogens with zero attached hydrogens (tertiary/aromatic N) is 1. The Labute approximate surface area is 122 Å². The van der Waals surface area contributed by atoms with Crippen molar-refractivity contribution in [3.05, 3.63) is 24.0 Å².